The zero-order valence-electron chi connectivity index (χ0n) is 19.7. The van der Waals surface area contributed by atoms with Crippen molar-refractivity contribution in [3.63, 3.8) is 0 Å². The zero-order valence-corrected chi connectivity index (χ0v) is 19.7. The van der Waals surface area contributed by atoms with E-state index in [1.54, 1.807) is 26.1 Å². The van der Waals surface area contributed by atoms with Crippen molar-refractivity contribution in [2.75, 3.05) is 25.1 Å². The minimum atomic E-state index is -1.05. The summed E-state index contributed by atoms with van der Waals surface area (Å²) in [6, 6.07) is 22.5. The summed E-state index contributed by atoms with van der Waals surface area (Å²) in [5, 5.41) is 11.9. The van der Waals surface area contributed by atoms with Crippen LogP contribution in [0.25, 0.3) is 11.1 Å². The Bertz CT molecular complexity index is 1210. The molecule has 2 N–H and O–H groups in total. The van der Waals surface area contributed by atoms with E-state index in [-0.39, 0.29) is 36.5 Å². The predicted molar refractivity (Wildman–Crippen MR) is 134 cm³/mol. The first-order chi connectivity index (χ1) is 16.9. The largest absolute Gasteiger partial charge is 0.478 e. The topological polar surface area (TPSA) is 95.9 Å². The second-order valence-electron chi connectivity index (χ2n) is 8.69. The molecular weight excluding hydrogens is 444 g/mol. The lowest BCUT2D eigenvalue weighted by atomic mass is 9.98. The van der Waals surface area contributed by atoms with Gasteiger partial charge in [0.25, 0.3) is 0 Å². The Labute approximate surface area is 204 Å². The van der Waals surface area contributed by atoms with Crippen molar-refractivity contribution in [1.82, 2.24) is 5.32 Å². The third-order valence-electron chi connectivity index (χ3n) is 6.42. The third kappa shape index (κ3) is 5.19. The predicted octanol–water partition coefficient (Wildman–Crippen LogP) is 4.91. The van der Waals surface area contributed by atoms with Crippen LogP contribution in [0.2, 0.25) is 0 Å². The van der Waals surface area contributed by atoms with Crippen molar-refractivity contribution in [3.8, 4) is 11.1 Å². The summed E-state index contributed by atoms with van der Waals surface area (Å²) in [5.74, 6) is -1.60. The van der Waals surface area contributed by atoms with Gasteiger partial charge in [-0.3, -0.25) is 4.79 Å². The Kier molecular flexibility index (Phi) is 7.15. The fraction of sp³-hybridized carbons (Fsp3) is 0.250. The fourth-order valence-electron chi connectivity index (χ4n) is 4.47. The summed E-state index contributed by atoms with van der Waals surface area (Å²) in [7, 11) is 1.61. The van der Waals surface area contributed by atoms with Gasteiger partial charge in [-0.2, -0.15) is 0 Å². The van der Waals surface area contributed by atoms with E-state index >= 15 is 0 Å². The SMILES string of the molecule is CC(CCNC(=O)OCC1c2ccccc2-c2ccccc21)C(=O)N(C)c1cccc(C(=O)O)c1. The number of alkyl carbamates (subject to hydrolysis) is 1. The maximum absolute atomic E-state index is 12.8. The average molecular weight is 473 g/mol. The monoisotopic (exact) mass is 472 g/mol. The number of hydrogen-bond donors (Lipinski definition) is 2. The number of amides is 2. The smallest absolute Gasteiger partial charge is 0.407 e. The minimum Gasteiger partial charge on any atom is -0.478 e. The molecule has 2 amide bonds. The highest BCUT2D eigenvalue weighted by molar-refractivity contribution is 5.96. The molecule has 1 aliphatic rings. The number of benzene rings is 3. The number of nitrogens with zero attached hydrogens (tertiary/aromatic N) is 1. The van der Waals surface area contributed by atoms with Crippen molar-refractivity contribution >= 4 is 23.7 Å². The van der Waals surface area contributed by atoms with Crippen LogP contribution in [-0.4, -0.2) is 43.3 Å². The second-order valence-corrected chi connectivity index (χ2v) is 8.69. The fourth-order valence-corrected chi connectivity index (χ4v) is 4.47. The van der Waals surface area contributed by atoms with Crippen LogP contribution in [0.1, 0.15) is 40.7 Å². The van der Waals surface area contributed by atoms with Crippen LogP contribution in [0, 0.1) is 5.92 Å². The molecule has 7 heteroatoms. The maximum Gasteiger partial charge on any atom is 0.407 e. The van der Waals surface area contributed by atoms with Gasteiger partial charge in [0.05, 0.1) is 5.56 Å². The standard InChI is InChI=1S/C28H28N2O5/c1-18(26(31)30(2)20-9-7-8-19(16-20)27(32)33)14-15-29-28(34)35-17-25-23-12-5-3-10-21(23)22-11-4-6-13-24(22)25/h3-13,16,18,25H,14-15,17H2,1-2H3,(H,29,34)(H,32,33). The molecule has 1 atom stereocenters. The normalized spacial score (nSPS) is 12.9. The van der Waals surface area contributed by atoms with Gasteiger partial charge in [-0.05, 0) is 46.9 Å². The molecule has 7 nitrogen and oxygen atoms in total. The van der Waals surface area contributed by atoms with Crippen molar-refractivity contribution in [2.45, 2.75) is 19.3 Å². The van der Waals surface area contributed by atoms with Gasteiger partial charge in [-0.15, -0.1) is 0 Å². The molecule has 0 heterocycles. The molecule has 180 valence electrons. The van der Waals surface area contributed by atoms with Crippen LogP contribution in [0.5, 0.6) is 0 Å². The molecular formula is C28H28N2O5. The van der Waals surface area contributed by atoms with E-state index < -0.39 is 12.1 Å². The Morgan fingerprint density at radius 3 is 2.23 bits per heavy atom. The van der Waals surface area contributed by atoms with Crippen LogP contribution in [0.4, 0.5) is 10.5 Å². The van der Waals surface area contributed by atoms with E-state index in [4.69, 9.17) is 9.84 Å². The molecule has 0 bridgehead atoms. The van der Waals surface area contributed by atoms with Gasteiger partial charge in [-0.25, -0.2) is 9.59 Å². The first-order valence-electron chi connectivity index (χ1n) is 11.6. The summed E-state index contributed by atoms with van der Waals surface area (Å²) >= 11 is 0. The minimum absolute atomic E-state index is 0.0103. The number of rotatable bonds is 8. The van der Waals surface area contributed by atoms with Crippen LogP contribution in [0.3, 0.4) is 0 Å². The Morgan fingerprint density at radius 2 is 1.60 bits per heavy atom. The molecule has 0 aromatic heterocycles. The van der Waals surface area contributed by atoms with Gasteiger partial charge in [0.1, 0.15) is 6.61 Å². The van der Waals surface area contributed by atoms with E-state index in [2.05, 4.69) is 29.6 Å². The summed E-state index contributed by atoms with van der Waals surface area (Å²) < 4.78 is 5.53. The Hall–Kier alpha value is -4.13. The highest BCUT2D eigenvalue weighted by atomic mass is 16.5. The molecule has 0 spiro atoms. The molecule has 3 aromatic carbocycles. The quantitative estimate of drug-likeness (QED) is 0.486. The highest BCUT2D eigenvalue weighted by Gasteiger charge is 2.29. The van der Waals surface area contributed by atoms with Crippen LogP contribution < -0.4 is 10.2 Å². The number of carboxylic acids is 1. The zero-order chi connectivity index (χ0) is 24.9. The number of ether oxygens (including phenoxy) is 1. The molecule has 0 radical (unpaired) electrons. The first-order valence-corrected chi connectivity index (χ1v) is 11.6. The van der Waals surface area contributed by atoms with Gasteiger partial charge in [-0.1, -0.05) is 61.5 Å². The van der Waals surface area contributed by atoms with Gasteiger partial charge >= 0.3 is 12.1 Å². The lowest BCUT2D eigenvalue weighted by molar-refractivity contribution is -0.121. The first kappa shape index (κ1) is 24.0. The number of carboxylic acid groups (broad SMARTS) is 1. The third-order valence-corrected chi connectivity index (χ3v) is 6.42. The van der Waals surface area contributed by atoms with E-state index in [1.165, 1.54) is 28.2 Å². The molecule has 0 saturated carbocycles. The van der Waals surface area contributed by atoms with Crippen LogP contribution >= 0.6 is 0 Å². The van der Waals surface area contributed by atoms with E-state index in [0.29, 0.717) is 12.1 Å². The summed E-state index contributed by atoms with van der Waals surface area (Å²) in [6.07, 6.45) is -0.0968. The van der Waals surface area contributed by atoms with E-state index in [0.717, 1.165) is 11.1 Å². The maximum atomic E-state index is 12.8. The summed E-state index contributed by atoms with van der Waals surface area (Å²) in [6.45, 7) is 2.29. The Morgan fingerprint density at radius 1 is 0.971 bits per heavy atom. The van der Waals surface area contributed by atoms with E-state index in [1.807, 2.05) is 24.3 Å². The molecule has 0 fully saturated rings. The van der Waals surface area contributed by atoms with Gasteiger partial charge < -0.3 is 20.1 Å². The summed E-state index contributed by atoms with van der Waals surface area (Å²) in [4.78, 5) is 37.7. The lowest BCUT2D eigenvalue weighted by Gasteiger charge is -2.22. The van der Waals surface area contributed by atoms with Gasteiger partial charge in [0, 0.05) is 31.1 Å². The van der Waals surface area contributed by atoms with Crippen molar-refractivity contribution in [1.29, 1.82) is 0 Å². The average Bonchev–Trinajstić information content (AvgIpc) is 3.20. The summed E-state index contributed by atoms with van der Waals surface area (Å²) in [5.41, 5.74) is 5.26. The molecule has 1 aliphatic carbocycles. The molecule has 35 heavy (non-hydrogen) atoms. The van der Waals surface area contributed by atoms with Gasteiger partial charge in [0.2, 0.25) is 5.91 Å². The van der Waals surface area contributed by atoms with Crippen LogP contribution in [-0.2, 0) is 9.53 Å². The Balaban J connectivity index is 1.27. The molecule has 0 saturated heterocycles. The number of fused-ring (bicyclic) bond motifs is 3. The number of nitrogens with one attached hydrogen (secondary N) is 1. The van der Waals surface area contributed by atoms with Gasteiger partial charge in [0.15, 0.2) is 0 Å². The second kappa shape index (κ2) is 10.4. The number of carbonyl (C=O) groups excluding carboxylic acids is 2. The lowest BCUT2D eigenvalue weighted by Crippen LogP contribution is -2.34. The van der Waals surface area contributed by atoms with Crippen molar-refractivity contribution < 1.29 is 24.2 Å². The highest BCUT2D eigenvalue weighted by Crippen LogP contribution is 2.44. The van der Waals surface area contributed by atoms with Crippen LogP contribution in [0.15, 0.2) is 72.8 Å². The van der Waals surface area contributed by atoms with Crippen molar-refractivity contribution in [3.05, 3.63) is 89.5 Å². The molecule has 4 rings (SSSR count). The van der Waals surface area contributed by atoms with Crippen molar-refractivity contribution in [2.24, 2.45) is 5.92 Å². The molecule has 1 unspecified atom stereocenters. The van der Waals surface area contributed by atoms with E-state index in [9.17, 15) is 14.4 Å². The number of anilines is 1. The molecule has 0 aliphatic heterocycles. The number of carbonyl (C=O) groups is 3. The number of hydrogen-bond acceptors (Lipinski definition) is 4. The molecule has 3 aromatic rings. The number of aromatic carboxylic acids is 1.